The number of amides is 1. The van der Waals surface area contributed by atoms with E-state index in [1.807, 2.05) is 0 Å². The molecule has 1 heterocycles. The van der Waals surface area contributed by atoms with Crippen molar-refractivity contribution in [1.29, 1.82) is 0 Å². The van der Waals surface area contributed by atoms with Crippen molar-refractivity contribution >= 4 is 22.6 Å². The van der Waals surface area contributed by atoms with E-state index in [4.69, 9.17) is 16.9 Å². The van der Waals surface area contributed by atoms with Crippen LogP contribution in [0.5, 0.6) is 5.75 Å². The highest BCUT2D eigenvalue weighted by molar-refractivity contribution is 6.10. The Hall–Kier alpha value is -3.79. The number of nitrogens with two attached hydrogens (primary N) is 1. The van der Waals surface area contributed by atoms with E-state index >= 15 is 0 Å². The second-order valence-corrected chi connectivity index (χ2v) is 5.93. The molecule has 2 N–H and O–H groups in total. The smallest absolute Gasteiger partial charge is 0.279 e. The highest BCUT2D eigenvalue weighted by Gasteiger charge is 2.20. The van der Waals surface area contributed by atoms with E-state index in [0.717, 1.165) is 6.07 Å². The quantitative estimate of drug-likeness (QED) is 0.428. The Bertz CT molecular complexity index is 1180. The summed E-state index contributed by atoms with van der Waals surface area (Å²) in [6, 6.07) is 6.81. The summed E-state index contributed by atoms with van der Waals surface area (Å²) in [6.45, 7) is 1.72. The molecule has 0 fully saturated rings. The largest absolute Gasteiger partial charge is 0.494 e. The number of terminal acetylenes is 1. The van der Waals surface area contributed by atoms with E-state index in [9.17, 15) is 13.6 Å². The van der Waals surface area contributed by atoms with E-state index in [0.29, 0.717) is 16.5 Å². The Labute approximate surface area is 159 Å². The Kier molecular flexibility index (Phi) is 5.05. The summed E-state index contributed by atoms with van der Waals surface area (Å²) < 4.78 is 34.3. The van der Waals surface area contributed by atoms with Gasteiger partial charge in [-0.1, -0.05) is 0 Å². The van der Waals surface area contributed by atoms with Crippen molar-refractivity contribution in [2.24, 2.45) is 10.7 Å². The van der Waals surface area contributed by atoms with Crippen molar-refractivity contribution in [3.63, 3.8) is 0 Å². The zero-order valence-electron chi connectivity index (χ0n) is 15.1. The molecule has 5 nitrogen and oxygen atoms in total. The number of benzene rings is 2. The molecule has 0 aliphatic carbocycles. The lowest BCUT2D eigenvalue weighted by atomic mass is 9.96. The number of hydrogen-bond donors (Lipinski definition) is 1. The monoisotopic (exact) mass is 379 g/mol. The molecule has 7 heteroatoms. The number of pyridine rings is 1. The molecule has 0 spiro atoms. The van der Waals surface area contributed by atoms with Crippen molar-refractivity contribution in [2.75, 3.05) is 7.11 Å². The van der Waals surface area contributed by atoms with Gasteiger partial charge in [0.15, 0.2) is 17.4 Å². The molecule has 2 aromatic carbocycles. The lowest BCUT2D eigenvalue weighted by Gasteiger charge is -2.13. The fourth-order valence-corrected chi connectivity index (χ4v) is 2.92. The maximum Gasteiger partial charge on any atom is 0.279 e. The SMILES string of the molecule is C#C/C(N)=N\C(=O)c1cc(C)c2nccc(-c3c(F)ccc(OC)c3F)c2c1. The molecule has 1 amide bonds. The van der Waals surface area contributed by atoms with E-state index < -0.39 is 17.5 Å². The summed E-state index contributed by atoms with van der Waals surface area (Å²) in [5, 5.41) is 0.381. The molecular formula is C21H15F2N3O2. The van der Waals surface area contributed by atoms with E-state index in [1.54, 1.807) is 13.0 Å². The third kappa shape index (κ3) is 3.28. The standard InChI is InChI=1S/C21H15F2N3O2/c1-4-17(24)26-21(27)12-9-11(2)20-14(10-12)13(7-8-25-20)18-15(22)5-6-16(28-3)19(18)23/h1,5-10H,2-3H3,(H2,24,26,27). The number of rotatable bonds is 3. The number of halogens is 2. The van der Waals surface area contributed by atoms with Crippen LogP contribution in [-0.4, -0.2) is 23.8 Å². The van der Waals surface area contributed by atoms with Crippen LogP contribution in [0, 0.1) is 30.9 Å². The van der Waals surface area contributed by atoms with Gasteiger partial charge < -0.3 is 10.5 Å². The van der Waals surface area contributed by atoms with Gasteiger partial charge in [0.2, 0.25) is 0 Å². The molecule has 0 unspecified atom stereocenters. The summed E-state index contributed by atoms with van der Waals surface area (Å²) >= 11 is 0. The molecular weight excluding hydrogens is 364 g/mol. The molecule has 0 saturated carbocycles. The fourth-order valence-electron chi connectivity index (χ4n) is 2.92. The third-order valence-corrected chi connectivity index (χ3v) is 4.20. The van der Waals surface area contributed by atoms with Crippen LogP contribution in [0.3, 0.4) is 0 Å². The lowest BCUT2D eigenvalue weighted by molar-refractivity contribution is 0.100. The molecule has 140 valence electrons. The molecule has 28 heavy (non-hydrogen) atoms. The zero-order valence-corrected chi connectivity index (χ0v) is 15.1. The van der Waals surface area contributed by atoms with Crippen molar-refractivity contribution in [3.8, 4) is 29.2 Å². The van der Waals surface area contributed by atoms with Gasteiger partial charge in [0, 0.05) is 17.1 Å². The first-order valence-electron chi connectivity index (χ1n) is 8.14. The maximum absolute atomic E-state index is 14.8. The average molecular weight is 379 g/mol. The van der Waals surface area contributed by atoms with Crippen molar-refractivity contribution in [3.05, 3.63) is 59.3 Å². The topological polar surface area (TPSA) is 77.6 Å². The number of methoxy groups -OCH3 is 1. The molecule has 1 aromatic heterocycles. The Morgan fingerprint density at radius 3 is 2.71 bits per heavy atom. The van der Waals surface area contributed by atoms with E-state index in [-0.39, 0.29) is 28.3 Å². The van der Waals surface area contributed by atoms with Gasteiger partial charge >= 0.3 is 0 Å². The van der Waals surface area contributed by atoms with Crippen LogP contribution >= 0.6 is 0 Å². The number of amidine groups is 1. The molecule has 0 atom stereocenters. The minimum absolute atomic E-state index is 0.100. The molecule has 3 aromatic rings. The van der Waals surface area contributed by atoms with Gasteiger partial charge in [-0.05, 0) is 54.3 Å². The Morgan fingerprint density at radius 1 is 1.29 bits per heavy atom. The number of carbonyl (C=O) groups excluding carboxylic acids is 1. The highest BCUT2D eigenvalue weighted by Crippen LogP contribution is 2.36. The molecule has 0 aliphatic rings. The van der Waals surface area contributed by atoms with Crippen molar-refractivity contribution in [1.82, 2.24) is 4.98 Å². The van der Waals surface area contributed by atoms with Gasteiger partial charge in [0.25, 0.3) is 5.91 Å². The summed E-state index contributed by atoms with van der Waals surface area (Å²) in [4.78, 5) is 20.2. The van der Waals surface area contributed by atoms with Gasteiger partial charge in [-0.15, -0.1) is 6.42 Å². The van der Waals surface area contributed by atoms with Crippen LogP contribution in [0.4, 0.5) is 8.78 Å². The average Bonchev–Trinajstić information content (AvgIpc) is 2.68. The molecule has 0 radical (unpaired) electrons. The molecule has 0 saturated heterocycles. The number of fused-ring (bicyclic) bond motifs is 1. The number of hydrogen-bond acceptors (Lipinski definition) is 3. The predicted octanol–water partition coefficient (Wildman–Crippen LogP) is 3.63. The Morgan fingerprint density at radius 2 is 2.04 bits per heavy atom. The van der Waals surface area contributed by atoms with Crippen molar-refractivity contribution < 1.29 is 18.3 Å². The molecule has 0 aliphatic heterocycles. The number of carbonyl (C=O) groups is 1. The number of aromatic nitrogens is 1. The van der Waals surface area contributed by atoms with Gasteiger partial charge in [0.05, 0.1) is 18.2 Å². The number of aryl methyl sites for hydroxylation is 1. The van der Waals surface area contributed by atoms with E-state index in [1.165, 1.54) is 31.5 Å². The first kappa shape index (κ1) is 19.0. The Balaban J connectivity index is 2.32. The summed E-state index contributed by atoms with van der Waals surface area (Å²) in [5.74, 6) is -0.583. The van der Waals surface area contributed by atoms with Gasteiger partial charge in [0.1, 0.15) is 5.82 Å². The lowest BCUT2D eigenvalue weighted by Crippen LogP contribution is -2.11. The third-order valence-electron chi connectivity index (χ3n) is 4.20. The number of nitrogens with zero attached hydrogens (tertiary/aromatic N) is 2. The fraction of sp³-hybridized carbons (Fsp3) is 0.0952. The zero-order chi connectivity index (χ0) is 20.4. The highest BCUT2D eigenvalue weighted by atomic mass is 19.1. The molecule has 3 rings (SSSR count). The normalized spacial score (nSPS) is 11.3. The first-order chi connectivity index (χ1) is 13.4. The van der Waals surface area contributed by atoms with Gasteiger partial charge in [-0.2, -0.15) is 4.99 Å². The summed E-state index contributed by atoms with van der Waals surface area (Å²) in [5.41, 5.74) is 6.66. The van der Waals surface area contributed by atoms with Crippen LogP contribution in [0.1, 0.15) is 15.9 Å². The number of aliphatic imine (C=N–C) groups is 1. The number of ether oxygens (including phenoxy) is 1. The second kappa shape index (κ2) is 7.45. The van der Waals surface area contributed by atoms with Crippen molar-refractivity contribution in [2.45, 2.75) is 6.92 Å². The van der Waals surface area contributed by atoms with Gasteiger partial charge in [-0.25, -0.2) is 8.78 Å². The summed E-state index contributed by atoms with van der Waals surface area (Å²) in [7, 11) is 1.29. The van der Waals surface area contributed by atoms with Crippen LogP contribution in [-0.2, 0) is 0 Å². The predicted molar refractivity (Wildman–Crippen MR) is 103 cm³/mol. The maximum atomic E-state index is 14.8. The minimum atomic E-state index is -0.848. The summed E-state index contributed by atoms with van der Waals surface area (Å²) in [6.07, 6.45) is 6.56. The first-order valence-corrected chi connectivity index (χ1v) is 8.14. The van der Waals surface area contributed by atoms with Crippen LogP contribution < -0.4 is 10.5 Å². The van der Waals surface area contributed by atoms with E-state index in [2.05, 4.69) is 15.9 Å². The van der Waals surface area contributed by atoms with Crippen LogP contribution in [0.15, 0.2) is 41.5 Å². The molecule has 0 bridgehead atoms. The minimum Gasteiger partial charge on any atom is -0.494 e. The van der Waals surface area contributed by atoms with Crippen LogP contribution in [0.25, 0.3) is 22.0 Å². The van der Waals surface area contributed by atoms with Gasteiger partial charge in [-0.3, -0.25) is 9.78 Å². The van der Waals surface area contributed by atoms with Crippen LogP contribution in [0.2, 0.25) is 0 Å². The second-order valence-electron chi connectivity index (χ2n) is 5.93.